The molecule has 0 amide bonds. The fourth-order valence-electron chi connectivity index (χ4n) is 2.22. The lowest BCUT2D eigenvalue weighted by Crippen LogP contribution is -2.40. The molecule has 1 heterocycles. The molecule has 0 aliphatic carbocycles. The Kier molecular flexibility index (Phi) is 4.68. The second-order valence-corrected chi connectivity index (χ2v) is 5.06. The summed E-state index contributed by atoms with van der Waals surface area (Å²) in [5, 5.41) is 2.99. The van der Waals surface area contributed by atoms with E-state index < -0.39 is 6.23 Å². The van der Waals surface area contributed by atoms with Gasteiger partial charge in [-0.05, 0) is 11.1 Å². The lowest BCUT2D eigenvalue weighted by molar-refractivity contribution is -0.0794. The second kappa shape index (κ2) is 7.06. The molecule has 0 radical (unpaired) electrons. The summed E-state index contributed by atoms with van der Waals surface area (Å²) in [6, 6.07) is 19.9. The highest BCUT2D eigenvalue weighted by molar-refractivity contribution is 5.79. The molecule has 5 heteroatoms. The van der Waals surface area contributed by atoms with E-state index in [-0.39, 0.29) is 6.23 Å². The number of hydrogen-bond donors (Lipinski definition) is 2. The van der Waals surface area contributed by atoms with Crippen molar-refractivity contribution >= 4 is 5.96 Å². The molecule has 2 aromatic carbocycles. The van der Waals surface area contributed by atoms with E-state index in [1.54, 1.807) is 0 Å². The van der Waals surface area contributed by atoms with Crippen molar-refractivity contribution in [2.45, 2.75) is 25.7 Å². The third-order valence-corrected chi connectivity index (χ3v) is 3.35. The predicted octanol–water partition coefficient (Wildman–Crippen LogP) is 1.99. The summed E-state index contributed by atoms with van der Waals surface area (Å²) >= 11 is 0. The SMILES string of the molecule is NC1=N[C@@H](OCc2ccccc2)[C@H](OCc2ccccc2)N1. The summed E-state index contributed by atoms with van der Waals surface area (Å²) in [5.74, 6) is 0.344. The molecule has 3 rings (SSSR count). The van der Waals surface area contributed by atoms with Gasteiger partial charge in [0.25, 0.3) is 0 Å². The van der Waals surface area contributed by atoms with Crippen molar-refractivity contribution < 1.29 is 9.47 Å². The highest BCUT2D eigenvalue weighted by atomic mass is 16.6. The number of ether oxygens (including phenoxy) is 2. The van der Waals surface area contributed by atoms with Gasteiger partial charge in [-0.15, -0.1) is 0 Å². The molecule has 1 aliphatic rings. The normalized spacial score (nSPS) is 20.5. The van der Waals surface area contributed by atoms with Gasteiger partial charge >= 0.3 is 0 Å². The molecule has 0 fully saturated rings. The maximum absolute atomic E-state index is 5.83. The minimum atomic E-state index is -0.441. The van der Waals surface area contributed by atoms with Crippen LogP contribution in [-0.2, 0) is 22.7 Å². The fraction of sp³-hybridized carbons (Fsp3) is 0.235. The zero-order valence-corrected chi connectivity index (χ0v) is 12.2. The lowest BCUT2D eigenvalue weighted by Gasteiger charge is -2.19. The molecule has 0 bridgehead atoms. The number of hydrogen-bond acceptors (Lipinski definition) is 5. The zero-order valence-electron chi connectivity index (χ0n) is 12.2. The molecule has 2 aromatic rings. The molecular weight excluding hydrogens is 278 g/mol. The summed E-state index contributed by atoms with van der Waals surface area (Å²) < 4.78 is 11.6. The van der Waals surface area contributed by atoms with Crippen molar-refractivity contribution in [3.63, 3.8) is 0 Å². The van der Waals surface area contributed by atoms with Gasteiger partial charge in [-0.3, -0.25) is 0 Å². The van der Waals surface area contributed by atoms with Crippen LogP contribution in [0.1, 0.15) is 11.1 Å². The Labute approximate surface area is 129 Å². The average molecular weight is 297 g/mol. The molecule has 0 spiro atoms. The first-order valence-electron chi connectivity index (χ1n) is 7.22. The van der Waals surface area contributed by atoms with Crippen LogP contribution in [0.5, 0.6) is 0 Å². The molecule has 114 valence electrons. The fourth-order valence-corrected chi connectivity index (χ4v) is 2.22. The Bertz CT molecular complexity index is 616. The Hall–Kier alpha value is -2.37. The quantitative estimate of drug-likeness (QED) is 0.855. The van der Waals surface area contributed by atoms with Crippen molar-refractivity contribution in [3.8, 4) is 0 Å². The first-order valence-corrected chi connectivity index (χ1v) is 7.22. The van der Waals surface area contributed by atoms with E-state index in [0.717, 1.165) is 11.1 Å². The maximum Gasteiger partial charge on any atom is 0.196 e. The molecule has 3 N–H and O–H groups in total. The number of aliphatic imine (C=N–C) groups is 1. The molecule has 0 saturated heterocycles. The first kappa shape index (κ1) is 14.6. The first-order chi connectivity index (χ1) is 10.8. The number of benzene rings is 2. The zero-order chi connectivity index (χ0) is 15.2. The Morgan fingerprint density at radius 1 is 0.864 bits per heavy atom. The summed E-state index contributed by atoms with van der Waals surface area (Å²) in [5.41, 5.74) is 7.91. The lowest BCUT2D eigenvalue weighted by atomic mass is 10.2. The topological polar surface area (TPSA) is 68.9 Å². The van der Waals surface area contributed by atoms with Crippen LogP contribution in [0, 0.1) is 0 Å². The van der Waals surface area contributed by atoms with E-state index in [9.17, 15) is 0 Å². The van der Waals surface area contributed by atoms with Gasteiger partial charge in [-0.1, -0.05) is 60.7 Å². The average Bonchev–Trinajstić information content (AvgIpc) is 2.93. The van der Waals surface area contributed by atoms with E-state index in [1.807, 2.05) is 60.7 Å². The Morgan fingerprint density at radius 2 is 1.41 bits per heavy atom. The smallest absolute Gasteiger partial charge is 0.196 e. The number of nitrogens with two attached hydrogens (primary N) is 1. The van der Waals surface area contributed by atoms with Crippen molar-refractivity contribution in [2.75, 3.05) is 0 Å². The van der Waals surface area contributed by atoms with Gasteiger partial charge in [-0.2, -0.15) is 0 Å². The van der Waals surface area contributed by atoms with Gasteiger partial charge in [-0.25, -0.2) is 4.99 Å². The molecular formula is C17H19N3O2. The van der Waals surface area contributed by atoms with Gasteiger partial charge < -0.3 is 20.5 Å². The van der Waals surface area contributed by atoms with Crippen LogP contribution < -0.4 is 11.1 Å². The van der Waals surface area contributed by atoms with Crippen LogP contribution >= 0.6 is 0 Å². The Balaban J connectivity index is 1.54. The van der Waals surface area contributed by atoms with Crippen LogP contribution in [0.25, 0.3) is 0 Å². The van der Waals surface area contributed by atoms with Crippen LogP contribution in [0.15, 0.2) is 65.7 Å². The molecule has 22 heavy (non-hydrogen) atoms. The molecule has 1 aliphatic heterocycles. The van der Waals surface area contributed by atoms with Crippen molar-refractivity contribution in [1.29, 1.82) is 0 Å². The largest absolute Gasteiger partial charge is 0.370 e. The molecule has 0 aromatic heterocycles. The van der Waals surface area contributed by atoms with Gasteiger partial charge in [0.15, 0.2) is 18.4 Å². The maximum atomic E-state index is 5.83. The van der Waals surface area contributed by atoms with Gasteiger partial charge in [0.1, 0.15) is 0 Å². The molecule has 2 atom stereocenters. The molecule has 0 saturated carbocycles. The highest BCUT2D eigenvalue weighted by Gasteiger charge is 2.29. The summed E-state index contributed by atoms with van der Waals surface area (Å²) in [6.07, 6.45) is -0.812. The Morgan fingerprint density at radius 3 is 2.00 bits per heavy atom. The van der Waals surface area contributed by atoms with Crippen LogP contribution in [0.3, 0.4) is 0 Å². The number of nitrogens with one attached hydrogen (secondary N) is 1. The molecule has 0 unspecified atom stereocenters. The number of nitrogens with zero attached hydrogens (tertiary/aromatic N) is 1. The van der Waals surface area contributed by atoms with Gasteiger partial charge in [0.05, 0.1) is 13.2 Å². The van der Waals surface area contributed by atoms with Crippen molar-refractivity contribution in [1.82, 2.24) is 5.32 Å². The third kappa shape index (κ3) is 3.84. The van der Waals surface area contributed by atoms with Gasteiger partial charge in [0, 0.05) is 0 Å². The summed E-state index contributed by atoms with van der Waals surface area (Å²) in [4.78, 5) is 4.23. The number of guanidine groups is 1. The van der Waals surface area contributed by atoms with E-state index in [1.165, 1.54) is 0 Å². The second-order valence-electron chi connectivity index (χ2n) is 5.06. The standard InChI is InChI=1S/C17H19N3O2/c18-17-19-15(21-11-13-7-3-1-4-8-13)16(20-17)22-12-14-9-5-2-6-10-14/h1-10,15-16H,11-12H2,(H3,18,19,20)/t15-,16-/m0/s1. The van der Waals surface area contributed by atoms with Crippen molar-refractivity contribution in [3.05, 3.63) is 71.8 Å². The third-order valence-electron chi connectivity index (χ3n) is 3.35. The predicted molar refractivity (Wildman–Crippen MR) is 84.8 cm³/mol. The minimum Gasteiger partial charge on any atom is -0.370 e. The van der Waals surface area contributed by atoms with E-state index >= 15 is 0 Å². The van der Waals surface area contributed by atoms with Crippen LogP contribution in [-0.4, -0.2) is 18.4 Å². The van der Waals surface area contributed by atoms with E-state index in [2.05, 4.69) is 10.3 Å². The van der Waals surface area contributed by atoms with E-state index in [4.69, 9.17) is 15.2 Å². The minimum absolute atomic E-state index is 0.344. The van der Waals surface area contributed by atoms with Crippen molar-refractivity contribution in [2.24, 2.45) is 10.7 Å². The van der Waals surface area contributed by atoms with Gasteiger partial charge in [0.2, 0.25) is 0 Å². The van der Waals surface area contributed by atoms with E-state index in [0.29, 0.717) is 19.2 Å². The summed E-state index contributed by atoms with van der Waals surface area (Å²) in [7, 11) is 0. The van der Waals surface area contributed by atoms with Crippen LogP contribution in [0.4, 0.5) is 0 Å². The summed E-state index contributed by atoms with van der Waals surface area (Å²) in [6.45, 7) is 0.946. The number of rotatable bonds is 6. The van der Waals surface area contributed by atoms with Crippen LogP contribution in [0.2, 0.25) is 0 Å². The highest BCUT2D eigenvalue weighted by Crippen LogP contribution is 2.14. The molecule has 5 nitrogen and oxygen atoms in total. The monoisotopic (exact) mass is 297 g/mol.